The molecule has 0 N–H and O–H groups in total. The molecule has 1 aromatic heterocycles. The molecule has 0 atom stereocenters. The molecule has 0 fully saturated rings. The molecule has 0 saturated carbocycles. The second kappa shape index (κ2) is 6.53. The first-order valence-corrected chi connectivity index (χ1v) is 1.38. The molecule has 0 bridgehead atoms. The van der Waals surface area contributed by atoms with E-state index in [4.69, 9.17) is 0 Å². The zero-order chi connectivity index (χ0) is 3.54. The van der Waals surface area contributed by atoms with E-state index in [0.29, 0.717) is 0 Å². The van der Waals surface area contributed by atoms with Gasteiger partial charge in [-0.1, -0.05) is 6.26 Å². The largest absolute Gasteiger partial charge is 2.00 e. The van der Waals surface area contributed by atoms with Crippen LogP contribution >= 0.6 is 0 Å². The monoisotopic (exact) mass is 170 g/mol. The Hall–Kier alpha value is 0.526. The fourth-order valence-electron chi connectivity index (χ4n) is 0.196. The van der Waals surface area contributed by atoms with Crippen molar-refractivity contribution in [2.75, 3.05) is 0 Å². The maximum atomic E-state index is 4.53. The van der Waals surface area contributed by atoms with E-state index in [9.17, 15) is 0 Å². The van der Waals surface area contributed by atoms with Crippen LogP contribution in [-0.2, 0) is 0 Å². The maximum absolute atomic E-state index is 4.53. The molecule has 1 rings (SSSR count). The molecule has 0 saturated heterocycles. The standard InChI is InChI=1S/C4H3O.BrH.Mg/c1-2-4-5-3-1;;/h1,3-4H;1H;/q-1;;+2/p-1. The summed E-state index contributed by atoms with van der Waals surface area (Å²) >= 11 is 0. The third kappa shape index (κ3) is 4.38. The molecule has 0 amide bonds. The van der Waals surface area contributed by atoms with Gasteiger partial charge in [-0.15, -0.1) is 0 Å². The van der Waals surface area contributed by atoms with E-state index >= 15 is 0 Å². The van der Waals surface area contributed by atoms with Crippen LogP contribution in [0.5, 0.6) is 0 Å². The fourth-order valence-corrected chi connectivity index (χ4v) is 0.196. The third-order valence-corrected chi connectivity index (χ3v) is 0.379. The van der Waals surface area contributed by atoms with E-state index in [1.807, 2.05) is 0 Å². The van der Waals surface area contributed by atoms with Crippen molar-refractivity contribution in [2.24, 2.45) is 0 Å². The van der Waals surface area contributed by atoms with Crippen molar-refractivity contribution in [3.8, 4) is 0 Å². The van der Waals surface area contributed by atoms with Crippen LogP contribution < -0.4 is 17.0 Å². The number of hydrogen-bond acceptors (Lipinski definition) is 1. The summed E-state index contributed by atoms with van der Waals surface area (Å²) in [6.07, 6.45) is 3.07. The predicted molar refractivity (Wildman–Crippen MR) is 23.3 cm³/mol. The Kier molecular flexibility index (Phi) is 9.79. The molecule has 0 aliphatic carbocycles. The van der Waals surface area contributed by atoms with Crippen molar-refractivity contribution in [1.82, 2.24) is 0 Å². The smallest absolute Gasteiger partial charge is 1.00 e. The van der Waals surface area contributed by atoms with Crippen LogP contribution in [-0.4, -0.2) is 23.1 Å². The Morgan fingerprint density at radius 1 is 1.43 bits per heavy atom. The summed E-state index contributed by atoms with van der Waals surface area (Å²) in [7, 11) is 0. The van der Waals surface area contributed by atoms with Gasteiger partial charge in [0.2, 0.25) is 0 Å². The molecule has 7 heavy (non-hydrogen) atoms. The summed E-state index contributed by atoms with van der Waals surface area (Å²) in [6.45, 7) is 0. The van der Waals surface area contributed by atoms with E-state index in [-0.39, 0.29) is 40.0 Å². The van der Waals surface area contributed by atoms with E-state index in [0.717, 1.165) is 0 Å². The zero-order valence-corrected chi connectivity index (χ0v) is 6.73. The van der Waals surface area contributed by atoms with Gasteiger partial charge in [-0.2, -0.15) is 6.07 Å². The van der Waals surface area contributed by atoms with Gasteiger partial charge in [0.05, 0.1) is 0 Å². The maximum Gasteiger partial charge on any atom is 2.00 e. The van der Waals surface area contributed by atoms with Gasteiger partial charge in [-0.3, -0.25) is 0 Å². The van der Waals surface area contributed by atoms with E-state index in [1.165, 1.54) is 6.26 Å². The fraction of sp³-hybridized carbons (Fsp3) is 0. The molecule has 0 spiro atoms. The van der Waals surface area contributed by atoms with Gasteiger partial charge in [-0.25, -0.2) is 6.07 Å². The van der Waals surface area contributed by atoms with E-state index < -0.39 is 0 Å². The van der Waals surface area contributed by atoms with Gasteiger partial charge in [0.1, 0.15) is 0 Å². The van der Waals surface area contributed by atoms with Crippen LogP contribution in [0.3, 0.4) is 0 Å². The van der Waals surface area contributed by atoms with E-state index in [1.54, 1.807) is 12.3 Å². The molecule has 1 aromatic rings. The third-order valence-electron chi connectivity index (χ3n) is 0.379. The first-order chi connectivity index (χ1) is 2.50. The second-order valence-electron chi connectivity index (χ2n) is 0.723. The minimum Gasteiger partial charge on any atom is -1.00 e. The first kappa shape index (κ1) is 10.5. The SMILES string of the molecule is [Br-].[Mg+2].[c-]1ccoc1. The van der Waals surface area contributed by atoms with Crippen LogP contribution in [0.15, 0.2) is 23.0 Å². The van der Waals surface area contributed by atoms with Crippen molar-refractivity contribution in [3.05, 3.63) is 24.7 Å². The average Bonchev–Trinajstić information content (AvgIpc) is 1.76. The van der Waals surface area contributed by atoms with Crippen molar-refractivity contribution >= 4 is 23.1 Å². The summed E-state index contributed by atoms with van der Waals surface area (Å²) in [5.41, 5.74) is 0. The molecule has 0 unspecified atom stereocenters. The summed E-state index contributed by atoms with van der Waals surface area (Å²) in [4.78, 5) is 0. The Morgan fingerprint density at radius 2 is 2.14 bits per heavy atom. The normalized spacial score (nSPS) is 5.71. The molecule has 34 valence electrons. The van der Waals surface area contributed by atoms with Crippen molar-refractivity contribution in [2.45, 2.75) is 0 Å². The number of hydrogen-bond donors (Lipinski definition) is 0. The predicted octanol–water partition coefficient (Wildman–Crippen LogP) is -2.30. The number of furan rings is 1. The second-order valence-corrected chi connectivity index (χ2v) is 0.723. The number of rotatable bonds is 0. The van der Waals surface area contributed by atoms with Gasteiger partial charge < -0.3 is 21.4 Å². The summed E-state index contributed by atoms with van der Waals surface area (Å²) in [6, 6.07) is 4.40. The van der Waals surface area contributed by atoms with Gasteiger partial charge in [0, 0.05) is 0 Å². The average molecular weight is 171 g/mol. The Labute approximate surface area is 69.0 Å². The molecule has 0 aromatic carbocycles. The first-order valence-electron chi connectivity index (χ1n) is 1.38. The van der Waals surface area contributed by atoms with Crippen molar-refractivity contribution < 1.29 is 21.4 Å². The zero-order valence-electron chi connectivity index (χ0n) is 3.73. The minimum atomic E-state index is 0. The molecule has 0 aliphatic rings. The molecule has 0 radical (unpaired) electrons. The minimum absolute atomic E-state index is 0. The van der Waals surface area contributed by atoms with Crippen molar-refractivity contribution in [3.63, 3.8) is 0 Å². The van der Waals surface area contributed by atoms with Crippen LogP contribution in [0.2, 0.25) is 0 Å². The molecular weight excluding hydrogens is 168 g/mol. The van der Waals surface area contributed by atoms with Crippen LogP contribution in [0, 0.1) is 6.07 Å². The van der Waals surface area contributed by atoms with Crippen LogP contribution in [0.4, 0.5) is 0 Å². The van der Waals surface area contributed by atoms with Crippen LogP contribution in [0.25, 0.3) is 0 Å². The molecule has 1 heterocycles. The molecule has 0 aliphatic heterocycles. The number of halogens is 1. The quantitative estimate of drug-likeness (QED) is 0.316. The Balaban J connectivity index is 0. The summed E-state index contributed by atoms with van der Waals surface area (Å²) in [5.74, 6) is 0. The topological polar surface area (TPSA) is 13.1 Å². The van der Waals surface area contributed by atoms with Gasteiger partial charge in [0.15, 0.2) is 0 Å². The van der Waals surface area contributed by atoms with Gasteiger partial charge in [0.25, 0.3) is 0 Å². The summed E-state index contributed by atoms with van der Waals surface area (Å²) in [5, 5.41) is 0. The summed E-state index contributed by atoms with van der Waals surface area (Å²) < 4.78 is 4.53. The Morgan fingerprint density at radius 3 is 2.29 bits per heavy atom. The van der Waals surface area contributed by atoms with Gasteiger partial charge >= 0.3 is 23.1 Å². The molecule has 3 heteroatoms. The van der Waals surface area contributed by atoms with Gasteiger partial charge in [-0.05, 0) is 6.26 Å². The Bertz CT molecular complexity index is 68.2. The van der Waals surface area contributed by atoms with E-state index in [2.05, 4.69) is 10.5 Å². The van der Waals surface area contributed by atoms with Crippen molar-refractivity contribution in [1.29, 1.82) is 0 Å². The van der Waals surface area contributed by atoms with Crippen LogP contribution in [0.1, 0.15) is 0 Å². The molecular formula is C4H3BrMgO. The molecule has 1 nitrogen and oxygen atoms in total.